The van der Waals surface area contributed by atoms with Crippen LogP contribution in [0.2, 0.25) is 0 Å². The number of amides is 2. The average Bonchev–Trinajstić information content (AvgIpc) is 2.77. The number of rotatable bonds is 1. The molecular weight excluding hydrogens is 166 g/mol. The quantitative estimate of drug-likeness (QED) is 0.655. The minimum absolute atomic E-state index is 0.140. The number of nitrogens with two attached hydrogens (primary N) is 1. The summed E-state index contributed by atoms with van der Waals surface area (Å²) < 4.78 is 0. The van der Waals surface area contributed by atoms with Crippen molar-refractivity contribution in [1.29, 1.82) is 0 Å². The maximum Gasteiger partial charge on any atom is 0.345 e. The highest BCUT2D eigenvalue weighted by atomic mass is 16.2. The van der Waals surface area contributed by atoms with Gasteiger partial charge in [0, 0.05) is 7.05 Å². The molecule has 1 heterocycles. The Balaban J connectivity index is 2.42. The lowest BCUT2D eigenvalue weighted by atomic mass is 9.82. The fraction of sp³-hybridized carbons (Fsp3) is 0.778. The minimum Gasteiger partial charge on any atom is -0.385 e. The molecule has 0 aromatic carbocycles. The van der Waals surface area contributed by atoms with Crippen molar-refractivity contribution in [3.05, 3.63) is 0 Å². The first-order valence-corrected chi connectivity index (χ1v) is 4.54. The van der Waals surface area contributed by atoms with Gasteiger partial charge in [0.25, 0.3) is 0 Å². The van der Waals surface area contributed by atoms with E-state index in [-0.39, 0.29) is 17.0 Å². The zero-order chi connectivity index (χ0) is 9.85. The standard InChI is InChI=1S/C9H15N3O/c1-8(4-5-8)9(2)6(10)11-7(13)12(9)3/h4-5H2,1-3H3,(H2,10,11,13). The van der Waals surface area contributed by atoms with Crippen molar-refractivity contribution in [3.63, 3.8) is 0 Å². The molecule has 1 aliphatic heterocycles. The second kappa shape index (κ2) is 2.05. The van der Waals surface area contributed by atoms with Gasteiger partial charge in [0.05, 0.1) is 0 Å². The summed E-state index contributed by atoms with van der Waals surface area (Å²) in [6.45, 7) is 4.16. The Labute approximate surface area is 77.8 Å². The number of nitrogens with zero attached hydrogens (tertiary/aromatic N) is 2. The monoisotopic (exact) mass is 181 g/mol. The molecule has 2 rings (SSSR count). The van der Waals surface area contributed by atoms with E-state index in [0.29, 0.717) is 5.84 Å². The maximum absolute atomic E-state index is 11.3. The normalized spacial score (nSPS) is 36.4. The van der Waals surface area contributed by atoms with Gasteiger partial charge >= 0.3 is 6.03 Å². The van der Waals surface area contributed by atoms with E-state index in [0.717, 1.165) is 12.8 Å². The van der Waals surface area contributed by atoms with Gasteiger partial charge in [-0.05, 0) is 25.2 Å². The first kappa shape index (κ1) is 8.53. The Morgan fingerprint density at radius 3 is 2.31 bits per heavy atom. The predicted molar refractivity (Wildman–Crippen MR) is 50.5 cm³/mol. The summed E-state index contributed by atoms with van der Waals surface area (Å²) in [7, 11) is 1.77. The van der Waals surface area contributed by atoms with Gasteiger partial charge in [-0.1, -0.05) is 6.92 Å². The molecule has 2 N–H and O–H groups in total. The van der Waals surface area contributed by atoms with Crippen molar-refractivity contribution in [3.8, 4) is 0 Å². The van der Waals surface area contributed by atoms with Crippen molar-refractivity contribution in [1.82, 2.24) is 4.90 Å². The number of hydrogen-bond acceptors (Lipinski definition) is 2. The third-order valence-electron chi connectivity index (χ3n) is 3.85. The van der Waals surface area contributed by atoms with Crippen LogP contribution < -0.4 is 5.73 Å². The number of carbonyl (C=O) groups is 1. The van der Waals surface area contributed by atoms with E-state index in [4.69, 9.17) is 5.73 Å². The van der Waals surface area contributed by atoms with Gasteiger partial charge in [-0.2, -0.15) is 4.99 Å². The summed E-state index contributed by atoms with van der Waals surface area (Å²) in [5.41, 5.74) is 5.59. The molecule has 0 radical (unpaired) electrons. The topological polar surface area (TPSA) is 58.7 Å². The Morgan fingerprint density at radius 2 is 2.00 bits per heavy atom. The van der Waals surface area contributed by atoms with E-state index < -0.39 is 0 Å². The molecule has 0 bridgehead atoms. The number of aliphatic imine (C=N–C) groups is 1. The molecule has 1 saturated carbocycles. The summed E-state index contributed by atoms with van der Waals surface area (Å²) in [5.74, 6) is 0.472. The average molecular weight is 181 g/mol. The van der Waals surface area contributed by atoms with Crippen LogP contribution in [0.4, 0.5) is 4.79 Å². The highest BCUT2D eigenvalue weighted by Gasteiger charge is 2.61. The van der Waals surface area contributed by atoms with Crippen molar-refractivity contribution in [2.75, 3.05) is 7.05 Å². The Hall–Kier alpha value is -1.06. The predicted octanol–water partition coefficient (Wildman–Crippen LogP) is 0.968. The lowest BCUT2D eigenvalue weighted by Crippen LogP contribution is -2.55. The summed E-state index contributed by atoms with van der Waals surface area (Å²) >= 11 is 0. The Bertz CT molecular complexity index is 306. The first-order valence-electron chi connectivity index (χ1n) is 4.54. The van der Waals surface area contributed by atoms with Gasteiger partial charge in [-0.3, -0.25) is 0 Å². The van der Waals surface area contributed by atoms with Gasteiger partial charge in [0.1, 0.15) is 11.4 Å². The Morgan fingerprint density at radius 1 is 1.46 bits per heavy atom. The van der Waals surface area contributed by atoms with Crippen molar-refractivity contribution in [2.24, 2.45) is 16.1 Å². The van der Waals surface area contributed by atoms with Crippen molar-refractivity contribution >= 4 is 11.9 Å². The second-order valence-electron chi connectivity index (χ2n) is 4.47. The third-order valence-corrected chi connectivity index (χ3v) is 3.85. The maximum atomic E-state index is 11.3. The molecule has 1 aliphatic carbocycles. The lowest BCUT2D eigenvalue weighted by Gasteiger charge is -2.37. The molecule has 1 fully saturated rings. The van der Waals surface area contributed by atoms with Crippen LogP contribution in [0.15, 0.2) is 4.99 Å². The second-order valence-corrected chi connectivity index (χ2v) is 4.47. The van der Waals surface area contributed by atoms with Crippen LogP contribution >= 0.6 is 0 Å². The summed E-state index contributed by atoms with van der Waals surface area (Å²) in [5, 5.41) is 0. The van der Waals surface area contributed by atoms with Crippen LogP contribution in [0.3, 0.4) is 0 Å². The summed E-state index contributed by atoms with van der Waals surface area (Å²) in [6.07, 6.45) is 2.24. The molecule has 72 valence electrons. The van der Waals surface area contributed by atoms with Gasteiger partial charge < -0.3 is 10.6 Å². The van der Waals surface area contributed by atoms with Crippen LogP contribution in [0, 0.1) is 5.41 Å². The van der Waals surface area contributed by atoms with Crippen LogP contribution in [-0.4, -0.2) is 29.4 Å². The van der Waals surface area contributed by atoms with Crippen LogP contribution in [0.1, 0.15) is 26.7 Å². The zero-order valence-corrected chi connectivity index (χ0v) is 8.29. The fourth-order valence-electron chi connectivity index (χ4n) is 2.04. The highest BCUT2D eigenvalue weighted by Crippen LogP contribution is 2.56. The number of urea groups is 1. The molecule has 0 spiro atoms. The minimum atomic E-state index is -0.357. The molecule has 4 nitrogen and oxygen atoms in total. The lowest BCUT2D eigenvalue weighted by molar-refractivity contribution is 0.159. The smallest absolute Gasteiger partial charge is 0.345 e. The molecule has 0 aromatic rings. The molecule has 4 heteroatoms. The first-order chi connectivity index (χ1) is 5.92. The molecule has 1 atom stereocenters. The van der Waals surface area contributed by atoms with Gasteiger partial charge in [0.2, 0.25) is 0 Å². The van der Waals surface area contributed by atoms with Gasteiger partial charge in [-0.25, -0.2) is 4.79 Å². The third kappa shape index (κ3) is 0.806. The SMILES string of the molecule is CN1C(=O)N=C(N)C1(C)C1(C)CC1. The van der Waals surface area contributed by atoms with E-state index >= 15 is 0 Å². The highest BCUT2D eigenvalue weighted by molar-refractivity contribution is 6.06. The van der Waals surface area contributed by atoms with Crippen molar-refractivity contribution in [2.45, 2.75) is 32.2 Å². The molecule has 2 amide bonds. The molecule has 0 aromatic heterocycles. The van der Waals surface area contributed by atoms with Gasteiger partial charge in [-0.15, -0.1) is 0 Å². The molecule has 13 heavy (non-hydrogen) atoms. The van der Waals surface area contributed by atoms with E-state index in [1.54, 1.807) is 11.9 Å². The Kier molecular flexibility index (Phi) is 1.35. The van der Waals surface area contributed by atoms with Crippen LogP contribution in [0.5, 0.6) is 0 Å². The van der Waals surface area contributed by atoms with Gasteiger partial charge in [0.15, 0.2) is 0 Å². The van der Waals surface area contributed by atoms with Crippen LogP contribution in [-0.2, 0) is 0 Å². The van der Waals surface area contributed by atoms with E-state index in [1.807, 2.05) is 6.92 Å². The molecular formula is C9H15N3O. The number of likely N-dealkylation sites (N-methyl/N-ethyl adjacent to an activating group) is 1. The van der Waals surface area contributed by atoms with Crippen LogP contribution in [0.25, 0.3) is 0 Å². The molecule has 2 aliphatic rings. The number of carbonyl (C=O) groups excluding carboxylic acids is 1. The van der Waals surface area contributed by atoms with E-state index in [1.165, 1.54) is 0 Å². The summed E-state index contributed by atoms with van der Waals surface area (Å²) in [6, 6.07) is -0.215. The molecule has 1 unspecified atom stereocenters. The largest absolute Gasteiger partial charge is 0.385 e. The zero-order valence-electron chi connectivity index (χ0n) is 8.29. The number of hydrogen-bond donors (Lipinski definition) is 1. The van der Waals surface area contributed by atoms with Crippen molar-refractivity contribution < 1.29 is 4.79 Å². The van der Waals surface area contributed by atoms with E-state index in [9.17, 15) is 4.79 Å². The van der Waals surface area contributed by atoms with E-state index in [2.05, 4.69) is 11.9 Å². The number of amidine groups is 1. The fourth-order valence-corrected chi connectivity index (χ4v) is 2.04. The molecule has 0 saturated heterocycles. The summed E-state index contributed by atoms with van der Waals surface area (Å²) in [4.78, 5) is 16.8.